The van der Waals surface area contributed by atoms with Crippen molar-refractivity contribution in [3.8, 4) is 0 Å². The van der Waals surface area contributed by atoms with Gasteiger partial charge in [0.05, 0.1) is 11.9 Å². The van der Waals surface area contributed by atoms with Gasteiger partial charge in [0.15, 0.2) is 12.4 Å². The first-order chi connectivity index (χ1) is 12.8. The Morgan fingerprint density at radius 1 is 1.15 bits per heavy atom. The number of thiophene rings is 1. The Bertz CT molecular complexity index is 937. The zero-order chi connectivity index (χ0) is 19.6. The fourth-order valence-corrected chi connectivity index (χ4v) is 4.58. The molecule has 1 aromatic heterocycles. The number of nitrogens with zero attached hydrogens (tertiary/aromatic N) is 1. The molecule has 0 bridgehead atoms. The monoisotopic (exact) mass is 407 g/mol. The number of benzene rings is 1. The number of carbonyl (C=O) groups is 2. The highest BCUT2D eigenvalue weighted by Gasteiger charge is 2.19. The molecule has 0 saturated carbocycles. The largest absolute Gasteiger partial charge is 0.453 e. The Balaban J connectivity index is 1.60. The number of fused-ring (bicyclic) bond motifs is 1. The van der Waals surface area contributed by atoms with Gasteiger partial charge in [-0.2, -0.15) is 0 Å². The van der Waals surface area contributed by atoms with Gasteiger partial charge in [0, 0.05) is 17.5 Å². The molecule has 1 aliphatic carbocycles. The lowest BCUT2D eigenvalue weighted by Gasteiger charge is -2.16. The highest BCUT2D eigenvalue weighted by Crippen LogP contribution is 2.30. The van der Waals surface area contributed by atoms with Gasteiger partial charge in [0.25, 0.3) is 0 Å². The minimum atomic E-state index is -3.36. The number of sulfonamides is 1. The first kappa shape index (κ1) is 19.6. The Labute approximate surface area is 162 Å². The average Bonchev–Trinajstić information content (AvgIpc) is 3.09. The van der Waals surface area contributed by atoms with E-state index in [9.17, 15) is 18.0 Å². The molecule has 1 aliphatic rings. The van der Waals surface area contributed by atoms with Gasteiger partial charge in [-0.25, -0.2) is 13.2 Å². The SMILES string of the molecule is CN(c1ccc(C(=O)COC(=O)c2cc3c(s2)CCCC3)cc1)S(C)(=O)=O. The molecule has 0 atom stereocenters. The zero-order valence-corrected chi connectivity index (χ0v) is 16.9. The van der Waals surface area contributed by atoms with Crippen molar-refractivity contribution in [1.82, 2.24) is 0 Å². The number of esters is 1. The smallest absolute Gasteiger partial charge is 0.348 e. The molecule has 27 heavy (non-hydrogen) atoms. The standard InChI is InChI=1S/C19H21NO5S2/c1-20(27(2,23)24)15-9-7-13(8-10-15)16(21)12-25-19(22)18-11-14-5-3-4-6-17(14)26-18/h7-11H,3-6,12H2,1-2H3. The van der Waals surface area contributed by atoms with Gasteiger partial charge in [-0.15, -0.1) is 11.3 Å². The normalized spacial score (nSPS) is 13.7. The Morgan fingerprint density at radius 2 is 1.81 bits per heavy atom. The van der Waals surface area contributed by atoms with Crippen LogP contribution in [0.5, 0.6) is 0 Å². The summed E-state index contributed by atoms with van der Waals surface area (Å²) in [6, 6.07) is 8.02. The van der Waals surface area contributed by atoms with Crippen molar-refractivity contribution in [3.05, 3.63) is 51.2 Å². The van der Waals surface area contributed by atoms with Crippen LogP contribution >= 0.6 is 11.3 Å². The summed E-state index contributed by atoms with van der Waals surface area (Å²) in [7, 11) is -1.92. The minimum Gasteiger partial charge on any atom is -0.453 e. The van der Waals surface area contributed by atoms with E-state index in [1.807, 2.05) is 6.07 Å². The molecule has 8 heteroatoms. The average molecular weight is 408 g/mol. The van der Waals surface area contributed by atoms with Crippen molar-refractivity contribution in [3.63, 3.8) is 0 Å². The predicted octanol–water partition coefficient (Wildman–Crippen LogP) is 3.06. The van der Waals surface area contributed by atoms with Crippen LogP contribution in [0.4, 0.5) is 5.69 Å². The van der Waals surface area contributed by atoms with Crippen LogP contribution in [0, 0.1) is 0 Å². The second-order valence-corrected chi connectivity index (χ2v) is 9.69. The molecule has 0 N–H and O–H groups in total. The second-order valence-electron chi connectivity index (χ2n) is 6.54. The fourth-order valence-electron chi connectivity index (χ4n) is 2.93. The Hall–Kier alpha value is -2.19. The number of aryl methyl sites for hydroxylation is 2. The summed E-state index contributed by atoms with van der Waals surface area (Å²) in [5.41, 5.74) is 2.03. The van der Waals surface area contributed by atoms with E-state index < -0.39 is 16.0 Å². The van der Waals surface area contributed by atoms with Crippen LogP contribution < -0.4 is 4.31 Å². The van der Waals surface area contributed by atoms with Crippen molar-refractivity contribution in [2.24, 2.45) is 0 Å². The minimum absolute atomic E-state index is 0.335. The number of ketones is 1. The van der Waals surface area contributed by atoms with Crippen LogP contribution in [0.1, 0.15) is 43.3 Å². The maximum atomic E-state index is 12.2. The third-order valence-corrected chi connectivity index (χ3v) is 7.01. The molecule has 0 saturated heterocycles. The third kappa shape index (κ3) is 4.56. The molecule has 3 rings (SSSR count). The molecule has 1 aromatic carbocycles. The van der Waals surface area contributed by atoms with Gasteiger partial charge in [-0.3, -0.25) is 9.10 Å². The lowest BCUT2D eigenvalue weighted by atomic mass is 9.99. The van der Waals surface area contributed by atoms with Crippen LogP contribution in [0.2, 0.25) is 0 Å². The van der Waals surface area contributed by atoms with Crippen molar-refractivity contribution < 1.29 is 22.7 Å². The van der Waals surface area contributed by atoms with Gasteiger partial charge in [0.1, 0.15) is 4.88 Å². The van der Waals surface area contributed by atoms with E-state index in [1.165, 1.54) is 41.0 Å². The molecule has 0 aliphatic heterocycles. The number of rotatable bonds is 6. The Morgan fingerprint density at radius 3 is 2.44 bits per heavy atom. The summed E-state index contributed by atoms with van der Waals surface area (Å²) >= 11 is 1.45. The van der Waals surface area contributed by atoms with Gasteiger partial charge < -0.3 is 4.74 Å². The summed E-state index contributed by atoms with van der Waals surface area (Å²) in [6.45, 7) is -0.345. The number of anilines is 1. The van der Waals surface area contributed by atoms with Crippen molar-refractivity contribution in [2.45, 2.75) is 25.7 Å². The molecule has 1 heterocycles. The molecule has 0 unspecified atom stereocenters. The fraction of sp³-hybridized carbons (Fsp3) is 0.368. The van der Waals surface area contributed by atoms with Crippen molar-refractivity contribution >= 4 is 38.8 Å². The maximum Gasteiger partial charge on any atom is 0.348 e. The highest BCUT2D eigenvalue weighted by atomic mass is 32.2. The molecule has 0 amide bonds. The number of carbonyl (C=O) groups excluding carboxylic acids is 2. The second kappa shape index (κ2) is 7.82. The van der Waals surface area contributed by atoms with Gasteiger partial charge in [-0.1, -0.05) is 0 Å². The molecular formula is C19H21NO5S2. The zero-order valence-electron chi connectivity index (χ0n) is 15.2. The Kier molecular flexibility index (Phi) is 5.67. The summed E-state index contributed by atoms with van der Waals surface area (Å²) in [5.74, 6) is -0.811. The van der Waals surface area contributed by atoms with E-state index in [-0.39, 0.29) is 12.4 Å². The predicted molar refractivity (Wildman–Crippen MR) is 105 cm³/mol. The van der Waals surface area contributed by atoms with Gasteiger partial charge in [-0.05, 0) is 61.6 Å². The van der Waals surface area contributed by atoms with E-state index in [0.29, 0.717) is 16.1 Å². The van der Waals surface area contributed by atoms with E-state index in [4.69, 9.17) is 4.74 Å². The number of hydrogen-bond donors (Lipinski definition) is 0. The molecule has 144 valence electrons. The first-order valence-corrected chi connectivity index (χ1v) is 11.3. The van der Waals surface area contributed by atoms with E-state index in [0.717, 1.165) is 36.2 Å². The maximum absolute atomic E-state index is 12.2. The number of Topliss-reactive ketones (excluding diaryl/α,β-unsaturated/α-hetero) is 1. The van der Waals surface area contributed by atoms with E-state index >= 15 is 0 Å². The molecular weight excluding hydrogens is 386 g/mol. The molecule has 0 spiro atoms. The van der Waals surface area contributed by atoms with Crippen LogP contribution in [0.15, 0.2) is 30.3 Å². The van der Waals surface area contributed by atoms with E-state index in [1.54, 1.807) is 12.1 Å². The summed E-state index contributed by atoms with van der Waals surface area (Å²) < 4.78 is 29.4. The van der Waals surface area contributed by atoms with Crippen molar-refractivity contribution in [2.75, 3.05) is 24.2 Å². The lowest BCUT2D eigenvalue weighted by Crippen LogP contribution is -2.24. The molecule has 0 radical (unpaired) electrons. The van der Waals surface area contributed by atoms with Crippen LogP contribution in [0.3, 0.4) is 0 Å². The van der Waals surface area contributed by atoms with Gasteiger partial charge >= 0.3 is 5.97 Å². The first-order valence-electron chi connectivity index (χ1n) is 8.61. The quantitative estimate of drug-likeness (QED) is 0.543. The summed E-state index contributed by atoms with van der Waals surface area (Å²) in [5, 5.41) is 0. The van der Waals surface area contributed by atoms with Gasteiger partial charge in [0.2, 0.25) is 10.0 Å². The summed E-state index contributed by atoms with van der Waals surface area (Å²) in [6.07, 6.45) is 5.38. The van der Waals surface area contributed by atoms with Crippen LogP contribution in [0.25, 0.3) is 0 Å². The highest BCUT2D eigenvalue weighted by molar-refractivity contribution is 7.92. The number of hydrogen-bond acceptors (Lipinski definition) is 6. The van der Waals surface area contributed by atoms with Crippen LogP contribution in [-0.4, -0.2) is 40.1 Å². The molecule has 6 nitrogen and oxygen atoms in total. The van der Waals surface area contributed by atoms with Crippen molar-refractivity contribution in [1.29, 1.82) is 0 Å². The van der Waals surface area contributed by atoms with E-state index in [2.05, 4.69) is 0 Å². The molecule has 0 fully saturated rings. The van der Waals surface area contributed by atoms with Crippen LogP contribution in [-0.2, 0) is 27.6 Å². The topological polar surface area (TPSA) is 80.8 Å². The number of ether oxygens (including phenoxy) is 1. The third-order valence-electron chi connectivity index (χ3n) is 4.58. The molecule has 2 aromatic rings. The summed E-state index contributed by atoms with van der Waals surface area (Å²) in [4.78, 5) is 26.2. The lowest BCUT2D eigenvalue weighted by molar-refractivity contribution is 0.0479.